The maximum Gasteiger partial charge on any atom is 0.490 e. The fourth-order valence-corrected chi connectivity index (χ4v) is 2.53. The standard InChI is InChI=1S/C18H22N2O2.C2HF3O2/c21-8-2-4-14-3-1-5-15(9-14)16-10-18(12-19-11-16)22-13-17-6-7-20-17;3-2(4,5)1(6)7/h1,3,5,9-12,17,20-21H,2,4,6-8,13H2;(H,6,7)/t17-;/m1./s1. The lowest BCUT2D eigenvalue weighted by atomic mass is 10.0. The molecular formula is C20H23F3N2O4. The molecule has 1 fully saturated rings. The quantitative estimate of drug-likeness (QED) is 0.648. The molecule has 1 aromatic carbocycles. The second-order valence-electron chi connectivity index (χ2n) is 6.49. The first-order valence-corrected chi connectivity index (χ1v) is 9.11. The predicted molar refractivity (Wildman–Crippen MR) is 101 cm³/mol. The van der Waals surface area contributed by atoms with Crippen LogP contribution in [0.4, 0.5) is 13.2 Å². The van der Waals surface area contributed by atoms with E-state index in [1.54, 1.807) is 6.20 Å². The van der Waals surface area contributed by atoms with E-state index < -0.39 is 12.1 Å². The van der Waals surface area contributed by atoms with E-state index >= 15 is 0 Å². The van der Waals surface area contributed by atoms with Crippen LogP contribution < -0.4 is 10.1 Å². The molecule has 0 aliphatic carbocycles. The highest BCUT2D eigenvalue weighted by Crippen LogP contribution is 2.24. The van der Waals surface area contributed by atoms with Gasteiger partial charge in [0.05, 0.1) is 6.20 Å². The molecule has 0 bridgehead atoms. The first-order valence-electron chi connectivity index (χ1n) is 9.11. The van der Waals surface area contributed by atoms with Crippen molar-refractivity contribution in [3.63, 3.8) is 0 Å². The van der Waals surface area contributed by atoms with Crippen LogP contribution in [0.2, 0.25) is 0 Å². The van der Waals surface area contributed by atoms with Gasteiger partial charge in [0, 0.05) is 24.4 Å². The number of hydrogen-bond donors (Lipinski definition) is 3. The van der Waals surface area contributed by atoms with Gasteiger partial charge in [-0.1, -0.05) is 24.3 Å². The predicted octanol–water partition coefficient (Wildman–Crippen LogP) is 3.05. The van der Waals surface area contributed by atoms with E-state index in [2.05, 4.69) is 28.5 Å². The zero-order chi connectivity index (χ0) is 21.3. The zero-order valence-corrected chi connectivity index (χ0v) is 15.7. The number of aromatic nitrogens is 1. The number of hydrogen-bond acceptors (Lipinski definition) is 5. The molecule has 1 aliphatic heterocycles. The molecule has 0 spiro atoms. The van der Waals surface area contributed by atoms with Gasteiger partial charge in [-0.2, -0.15) is 13.2 Å². The third-order valence-electron chi connectivity index (χ3n) is 4.22. The SMILES string of the molecule is O=C(O)C(F)(F)F.OCCCc1cccc(-c2cncc(OC[C@H]3CCN3)c2)c1. The molecule has 0 amide bonds. The smallest absolute Gasteiger partial charge is 0.490 e. The highest BCUT2D eigenvalue weighted by molar-refractivity contribution is 5.73. The Morgan fingerprint density at radius 3 is 2.55 bits per heavy atom. The molecule has 6 nitrogen and oxygen atoms in total. The van der Waals surface area contributed by atoms with Gasteiger partial charge in [-0.05, 0) is 43.0 Å². The van der Waals surface area contributed by atoms with Gasteiger partial charge < -0.3 is 20.3 Å². The molecule has 1 aromatic heterocycles. The summed E-state index contributed by atoms with van der Waals surface area (Å²) in [6.07, 6.45) is 1.40. The number of benzene rings is 1. The maximum absolute atomic E-state index is 10.6. The molecule has 3 rings (SSSR count). The molecule has 2 aromatic rings. The molecule has 2 heterocycles. The number of aliphatic carboxylic acids is 1. The number of carbonyl (C=O) groups is 1. The molecule has 158 valence electrons. The number of pyridine rings is 1. The largest absolute Gasteiger partial charge is 0.490 e. The molecule has 1 saturated heterocycles. The summed E-state index contributed by atoms with van der Waals surface area (Å²) in [5.74, 6) is -1.94. The highest BCUT2D eigenvalue weighted by atomic mass is 19.4. The van der Waals surface area contributed by atoms with E-state index in [9.17, 15) is 13.2 Å². The number of halogens is 3. The van der Waals surface area contributed by atoms with Crippen molar-refractivity contribution in [2.24, 2.45) is 0 Å². The Morgan fingerprint density at radius 1 is 1.24 bits per heavy atom. The molecule has 3 N–H and O–H groups in total. The minimum Gasteiger partial charge on any atom is -0.490 e. The van der Waals surface area contributed by atoms with Crippen LogP contribution in [0.15, 0.2) is 42.7 Å². The van der Waals surface area contributed by atoms with E-state index in [0.717, 1.165) is 36.3 Å². The van der Waals surface area contributed by atoms with Gasteiger partial charge in [0.15, 0.2) is 0 Å². The van der Waals surface area contributed by atoms with Gasteiger partial charge in [-0.3, -0.25) is 4.98 Å². The zero-order valence-electron chi connectivity index (χ0n) is 15.7. The van der Waals surface area contributed by atoms with Crippen LogP contribution in [0.25, 0.3) is 11.1 Å². The number of aliphatic hydroxyl groups is 1. The van der Waals surface area contributed by atoms with Crippen molar-refractivity contribution < 1.29 is 32.9 Å². The minimum atomic E-state index is -5.08. The summed E-state index contributed by atoms with van der Waals surface area (Å²) in [5.41, 5.74) is 3.43. The van der Waals surface area contributed by atoms with Gasteiger partial charge >= 0.3 is 12.1 Å². The first kappa shape index (κ1) is 22.6. The maximum atomic E-state index is 10.6. The Labute approximate surface area is 166 Å². The minimum absolute atomic E-state index is 0.226. The summed E-state index contributed by atoms with van der Waals surface area (Å²) in [6.45, 7) is 2.01. The van der Waals surface area contributed by atoms with Gasteiger partial charge in [-0.25, -0.2) is 4.79 Å². The summed E-state index contributed by atoms with van der Waals surface area (Å²) in [5, 5.41) is 19.4. The topological polar surface area (TPSA) is 91.7 Å². The number of nitrogens with one attached hydrogen (secondary N) is 1. The van der Waals surface area contributed by atoms with Crippen molar-refractivity contribution in [1.29, 1.82) is 0 Å². The summed E-state index contributed by atoms with van der Waals surface area (Å²) >= 11 is 0. The molecule has 1 atom stereocenters. The molecule has 0 radical (unpaired) electrons. The third-order valence-corrected chi connectivity index (χ3v) is 4.22. The Bertz CT molecular complexity index is 795. The van der Waals surface area contributed by atoms with Crippen LogP contribution >= 0.6 is 0 Å². The van der Waals surface area contributed by atoms with Crippen molar-refractivity contribution in [3.05, 3.63) is 48.3 Å². The lowest BCUT2D eigenvalue weighted by Gasteiger charge is -2.27. The molecule has 29 heavy (non-hydrogen) atoms. The van der Waals surface area contributed by atoms with E-state index in [0.29, 0.717) is 12.6 Å². The van der Waals surface area contributed by atoms with Crippen molar-refractivity contribution in [1.82, 2.24) is 10.3 Å². The van der Waals surface area contributed by atoms with Crippen molar-refractivity contribution >= 4 is 5.97 Å². The average molecular weight is 412 g/mol. The third kappa shape index (κ3) is 7.71. The second-order valence-corrected chi connectivity index (χ2v) is 6.49. The van der Waals surface area contributed by atoms with Gasteiger partial charge in [0.2, 0.25) is 0 Å². The number of alkyl halides is 3. The van der Waals surface area contributed by atoms with Crippen molar-refractivity contribution in [3.8, 4) is 16.9 Å². The fraction of sp³-hybridized carbons (Fsp3) is 0.400. The number of carboxylic acid groups (broad SMARTS) is 1. The molecule has 0 unspecified atom stereocenters. The second kappa shape index (κ2) is 10.8. The number of aryl methyl sites for hydroxylation is 1. The van der Waals surface area contributed by atoms with E-state index in [-0.39, 0.29) is 6.61 Å². The lowest BCUT2D eigenvalue weighted by Crippen LogP contribution is -2.46. The monoisotopic (exact) mass is 412 g/mol. The van der Waals surface area contributed by atoms with Crippen LogP contribution in [0.5, 0.6) is 5.75 Å². The Balaban J connectivity index is 0.000000370. The highest BCUT2D eigenvalue weighted by Gasteiger charge is 2.38. The number of rotatable bonds is 7. The van der Waals surface area contributed by atoms with Gasteiger partial charge in [-0.15, -0.1) is 0 Å². The van der Waals surface area contributed by atoms with Crippen LogP contribution in [-0.4, -0.2) is 53.1 Å². The number of carboxylic acids is 1. The summed E-state index contributed by atoms with van der Waals surface area (Å²) < 4.78 is 37.5. The molecule has 0 saturated carbocycles. The Hall–Kier alpha value is -2.65. The number of ether oxygens (including phenoxy) is 1. The lowest BCUT2D eigenvalue weighted by molar-refractivity contribution is -0.192. The van der Waals surface area contributed by atoms with E-state index in [1.807, 2.05) is 18.3 Å². The molecule has 9 heteroatoms. The summed E-state index contributed by atoms with van der Waals surface area (Å²) in [4.78, 5) is 13.2. The van der Waals surface area contributed by atoms with Crippen LogP contribution in [0, 0.1) is 0 Å². The normalized spacial score (nSPS) is 15.7. The van der Waals surface area contributed by atoms with E-state index in [4.69, 9.17) is 19.7 Å². The molecule has 1 aliphatic rings. The first-order chi connectivity index (χ1) is 13.8. The number of aliphatic hydroxyl groups excluding tert-OH is 1. The Kier molecular flexibility index (Phi) is 8.41. The average Bonchev–Trinajstić information content (AvgIpc) is 2.65. The summed E-state index contributed by atoms with van der Waals surface area (Å²) in [6, 6.07) is 10.9. The van der Waals surface area contributed by atoms with Crippen LogP contribution in [0.3, 0.4) is 0 Å². The fourth-order valence-electron chi connectivity index (χ4n) is 2.53. The van der Waals surface area contributed by atoms with Crippen LogP contribution in [0.1, 0.15) is 18.4 Å². The van der Waals surface area contributed by atoms with Gasteiger partial charge in [0.25, 0.3) is 0 Å². The van der Waals surface area contributed by atoms with Crippen molar-refractivity contribution in [2.75, 3.05) is 19.8 Å². The van der Waals surface area contributed by atoms with E-state index in [1.165, 1.54) is 12.0 Å². The summed E-state index contributed by atoms with van der Waals surface area (Å²) in [7, 11) is 0. The van der Waals surface area contributed by atoms with Crippen molar-refractivity contribution in [2.45, 2.75) is 31.5 Å². The van der Waals surface area contributed by atoms with Gasteiger partial charge in [0.1, 0.15) is 12.4 Å². The number of nitrogens with zero attached hydrogens (tertiary/aromatic N) is 1. The van der Waals surface area contributed by atoms with Crippen LogP contribution in [-0.2, 0) is 11.2 Å². The Morgan fingerprint density at radius 2 is 1.97 bits per heavy atom. The molecular weight excluding hydrogens is 389 g/mol.